The molecule has 1 amide bonds. The number of carbonyl (C=O) groups is 1. The van der Waals surface area contributed by atoms with Gasteiger partial charge in [0, 0.05) is 37.6 Å². The van der Waals surface area contributed by atoms with Gasteiger partial charge in [-0.25, -0.2) is 13.8 Å². The first-order valence-corrected chi connectivity index (χ1v) is 14.1. The van der Waals surface area contributed by atoms with Gasteiger partial charge in [0.05, 0.1) is 17.9 Å². The molecule has 8 nitrogen and oxygen atoms in total. The number of hydrogen-bond acceptors (Lipinski definition) is 8. The molecular formula is C27H35F2N5O3S. The Labute approximate surface area is 226 Å². The summed E-state index contributed by atoms with van der Waals surface area (Å²) in [5, 5.41) is 12.0. The van der Waals surface area contributed by atoms with E-state index in [-0.39, 0.29) is 18.3 Å². The second-order valence-corrected chi connectivity index (χ2v) is 11.2. The van der Waals surface area contributed by atoms with Crippen LogP contribution in [0.1, 0.15) is 48.9 Å². The number of piperidine rings is 2. The van der Waals surface area contributed by atoms with Crippen LogP contribution in [0, 0.1) is 5.41 Å². The first-order chi connectivity index (χ1) is 18.5. The Hall–Kier alpha value is -2.63. The number of anilines is 3. The molecule has 11 heteroatoms. The van der Waals surface area contributed by atoms with E-state index < -0.39 is 13.0 Å². The second-order valence-electron chi connectivity index (χ2n) is 10.3. The third kappa shape index (κ3) is 6.32. The number of aliphatic hydroxyl groups excluding tert-OH is 1. The van der Waals surface area contributed by atoms with Crippen molar-refractivity contribution in [3.63, 3.8) is 0 Å². The van der Waals surface area contributed by atoms with Gasteiger partial charge in [-0.05, 0) is 86.2 Å². The Morgan fingerprint density at radius 2 is 1.87 bits per heavy atom. The minimum absolute atomic E-state index is 0.0461. The third-order valence-corrected chi connectivity index (χ3v) is 8.59. The van der Waals surface area contributed by atoms with Crippen LogP contribution in [0.5, 0.6) is 5.75 Å². The molecule has 1 spiro atoms. The molecule has 2 aromatic rings. The predicted octanol–water partition coefficient (Wildman–Crippen LogP) is 4.55. The van der Waals surface area contributed by atoms with E-state index in [0.29, 0.717) is 55.1 Å². The van der Waals surface area contributed by atoms with Gasteiger partial charge < -0.3 is 25.0 Å². The number of aromatic nitrogens is 1. The zero-order valence-corrected chi connectivity index (χ0v) is 22.2. The maximum atomic E-state index is 13.7. The molecule has 3 fully saturated rings. The first-order valence-electron chi connectivity index (χ1n) is 13.3. The second kappa shape index (κ2) is 12.0. The monoisotopic (exact) mass is 547 g/mol. The van der Waals surface area contributed by atoms with E-state index in [4.69, 9.17) is 9.84 Å². The molecule has 0 radical (unpaired) electrons. The lowest BCUT2D eigenvalue weighted by molar-refractivity contribution is 0.102. The van der Waals surface area contributed by atoms with Crippen LogP contribution in [0.2, 0.25) is 0 Å². The van der Waals surface area contributed by atoms with Crippen LogP contribution in [0.4, 0.5) is 26.1 Å². The lowest BCUT2D eigenvalue weighted by Crippen LogP contribution is -2.36. The molecule has 1 saturated carbocycles. The van der Waals surface area contributed by atoms with Gasteiger partial charge >= 0.3 is 0 Å². The Morgan fingerprint density at radius 3 is 2.55 bits per heavy atom. The Morgan fingerprint density at radius 1 is 1.11 bits per heavy atom. The van der Waals surface area contributed by atoms with Crippen LogP contribution in [0.15, 0.2) is 35.2 Å². The highest BCUT2D eigenvalue weighted by Gasteiger charge is 2.44. The van der Waals surface area contributed by atoms with Crippen LogP contribution in [0.3, 0.4) is 0 Å². The van der Waals surface area contributed by atoms with E-state index in [1.165, 1.54) is 24.8 Å². The molecule has 1 aliphatic carbocycles. The van der Waals surface area contributed by atoms with Gasteiger partial charge in [0.1, 0.15) is 12.0 Å². The van der Waals surface area contributed by atoms with E-state index >= 15 is 0 Å². The highest BCUT2D eigenvalue weighted by Crippen LogP contribution is 2.54. The SMILES string of the molecule is O=C(Nc1ccc(OCF)c(N2CCC(F)CC2)n1)c1ccc(SNCCO)cc1N1CCC2(CC1)CC2. The molecule has 1 aromatic heterocycles. The summed E-state index contributed by atoms with van der Waals surface area (Å²) >= 11 is 1.43. The van der Waals surface area contributed by atoms with Crippen molar-refractivity contribution in [2.24, 2.45) is 5.41 Å². The molecule has 0 unspecified atom stereocenters. The summed E-state index contributed by atoms with van der Waals surface area (Å²) in [5.41, 5.74) is 1.93. The Kier molecular flexibility index (Phi) is 8.54. The average molecular weight is 548 g/mol. The van der Waals surface area contributed by atoms with Gasteiger partial charge in [-0.1, -0.05) is 0 Å². The van der Waals surface area contributed by atoms with Crippen LogP contribution < -0.4 is 24.6 Å². The molecule has 3 heterocycles. The number of ether oxygens (including phenoxy) is 1. The largest absolute Gasteiger partial charge is 0.459 e. The number of aliphatic hydroxyl groups is 1. The number of nitrogens with one attached hydrogen (secondary N) is 2. The normalized spacial score (nSPS) is 19.0. The summed E-state index contributed by atoms with van der Waals surface area (Å²) in [5.74, 6) is 0.706. The number of rotatable bonds is 10. The Balaban J connectivity index is 1.37. The fraction of sp³-hybridized carbons (Fsp3) is 0.556. The van der Waals surface area contributed by atoms with E-state index in [1.54, 1.807) is 12.1 Å². The van der Waals surface area contributed by atoms with E-state index in [0.717, 1.165) is 36.5 Å². The summed E-state index contributed by atoms with van der Waals surface area (Å²) < 4.78 is 34.9. The molecule has 1 aromatic carbocycles. The number of carbonyl (C=O) groups excluding carboxylic acids is 1. The number of alkyl halides is 2. The third-order valence-electron chi connectivity index (χ3n) is 7.75. The maximum Gasteiger partial charge on any atom is 0.258 e. The number of nitrogens with zero attached hydrogens (tertiary/aromatic N) is 3. The van der Waals surface area contributed by atoms with Gasteiger partial charge in [0.2, 0.25) is 6.86 Å². The molecule has 0 atom stereocenters. The van der Waals surface area contributed by atoms with Crippen LogP contribution in [-0.4, -0.2) is 68.4 Å². The van der Waals surface area contributed by atoms with Crippen molar-refractivity contribution >= 4 is 35.2 Å². The van der Waals surface area contributed by atoms with Gasteiger partial charge in [0.25, 0.3) is 5.91 Å². The topological polar surface area (TPSA) is 90.0 Å². The highest BCUT2D eigenvalue weighted by molar-refractivity contribution is 7.97. The maximum absolute atomic E-state index is 13.7. The molecule has 2 aliphatic heterocycles. The summed E-state index contributed by atoms with van der Waals surface area (Å²) in [7, 11) is 0. The highest BCUT2D eigenvalue weighted by atomic mass is 32.2. The smallest absolute Gasteiger partial charge is 0.258 e. The molecule has 206 valence electrons. The number of pyridine rings is 1. The van der Waals surface area contributed by atoms with Crippen molar-refractivity contribution < 1.29 is 23.4 Å². The van der Waals surface area contributed by atoms with Crippen molar-refractivity contribution in [2.75, 3.05) is 61.3 Å². The number of hydrogen-bond donors (Lipinski definition) is 3. The summed E-state index contributed by atoms with van der Waals surface area (Å²) in [6.07, 6.45) is 4.73. The molecule has 0 bridgehead atoms. The predicted molar refractivity (Wildman–Crippen MR) is 146 cm³/mol. The summed E-state index contributed by atoms with van der Waals surface area (Å²) in [6.45, 7) is 2.20. The van der Waals surface area contributed by atoms with E-state index in [1.807, 2.05) is 23.1 Å². The summed E-state index contributed by atoms with van der Waals surface area (Å²) in [4.78, 5) is 23.2. The van der Waals surface area contributed by atoms with Gasteiger partial charge in [-0.15, -0.1) is 0 Å². The van der Waals surface area contributed by atoms with E-state index in [9.17, 15) is 13.6 Å². The molecule has 3 N–H and O–H groups in total. The lowest BCUT2D eigenvalue weighted by Gasteiger charge is -2.35. The number of halogens is 2. The molecule has 38 heavy (non-hydrogen) atoms. The van der Waals surface area contributed by atoms with Crippen molar-refractivity contribution in [3.8, 4) is 5.75 Å². The van der Waals surface area contributed by atoms with Crippen molar-refractivity contribution in [2.45, 2.75) is 49.6 Å². The fourth-order valence-corrected chi connectivity index (χ4v) is 5.92. The lowest BCUT2D eigenvalue weighted by atomic mass is 9.93. The molecular weight excluding hydrogens is 512 g/mol. The number of benzene rings is 1. The minimum atomic E-state index is -1.00. The van der Waals surface area contributed by atoms with Crippen LogP contribution >= 0.6 is 11.9 Å². The molecule has 5 rings (SSSR count). The average Bonchev–Trinajstić information content (AvgIpc) is 3.69. The van der Waals surface area contributed by atoms with Gasteiger partial charge in [-0.2, -0.15) is 0 Å². The molecule has 3 aliphatic rings. The van der Waals surface area contributed by atoms with Crippen LogP contribution in [0.25, 0.3) is 0 Å². The first kappa shape index (κ1) is 27.0. The fourth-order valence-electron chi connectivity index (χ4n) is 5.25. The van der Waals surface area contributed by atoms with Gasteiger partial charge in [-0.3, -0.25) is 9.52 Å². The molecule has 2 saturated heterocycles. The minimum Gasteiger partial charge on any atom is -0.459 e. The van der Waals surface area contributed by atoms with Crippen molar-refractivity contribution in [1.29, 1.82) is 0 Å². The van der Waals surface area contributed by atoms with Crippen LogP contribution in [-0.2, 0) is 0 Å². The number of amides is 1. The van der Waals surface area contributed by atoms with Crippen molar-refractivity contribution in [3.05, 3.63) is 35.9 Å². The quantitative estimate of drug-likeness (QED) is 0.295. The zero-order chi connectivity index (χ0) is 26.5. The van der Waals surface area contributed by atoms with E-state index in [2.05, 4.69) is 19.9 Å². The zero-order valence-electron chi connectivity index (χ0n) is 21.4. The van der Waals surface area contributed by atoms with Gasteiger partial charge in [0.15, 0.2) is 11.6 Å². The van der Waals surface area contributed by atoms with Crippen molar-refractivity contribution in [1.82, 2.24) is 9.71 Å². The Bertz CT molecular complexity index is 1120. The standard InChI is InChI=1S/C27H35F2N5O3S/c28-18-37-23-3-4-24(31-25(23)34-12-5-19(29)6-13-34)32-26(36)21-2-1-20(38-30-11-16-35)17-22(21)33-14-9-27(7-8-27)10-15-33/h1-4,17,19,30,35H,5-16,18H2,(H,31,32,36). The summed E-state index contributed by atoms with van der Waals surface area (Å²) in [6, 6.07) is 8.91.